The molecule has 7 atom stereocenters. The molecule has 2 bridgehead atoms. The average molecular weight is 495 g/mol. The molecule has 1 aromatic rings. The van der Waals surface area contributed by atoms with Gasteiger partial charge in [-0.1, -0.05) is 37.5 Å². The molecule has 0 spiro atoms. The highest BCUT2D eigenvalue weighted by molar-refractivity contribution is 5.96. The van der Waals surface area contributed by atoms with E-state index >= 15 is 0 Å². The zero-order valence-corrected chi connectivity index (χ0v) is 20.9. The van der Waals surface area contributed by atoms with Gasteiger partial charge in [0.1, 0.15) is 18.0 Å². The molecule has 194 valence electrons. The molecule has 2 amide bonds. The third-order valence-corrected chi connectivity index (χ3v) is 9.53. The number of hydrogen-bond donors (Lipinski definition) is 3. The van der Waals surface area contributed by atoms with Crippen LogP contribution in [-0.4, -0.2) is 64.4 Å². The Kier molecular flexibility index (Phi) is 6.54. The number of carbonyl (C=O) groups is 2. The lowest BCUT2D eigenvalue weighted by Gasteiger charge is -2.43. The predicted octanol–water partition coefficient (Wildman–Crippen LogP) is 2.91. The second kappa shape index (κ2) is 9.82. The van der Waals surface area contributed by atoms with Crippen LogP contribution in [0.25, 0.3) is 0 Å². The van der Waals surface area contributed by atoms with Crippen molar-refractivity contribution < 1.29 is 24.5 Å². The second-order valence-corrected chi connectivity index (χ2v) is 11.6. The Morgan fingerprint density at radius 1 is 1.08 bits per heavy atom. The van der Waals surface area contributed by atoms with Crippen LogP contribution in [0.1, 0.15) is 69.3 Å². The molecule has 36 heavy (non-hydrogen) atoms. The summed E-state index contributed by atoms with van der Waals surface area (Å²) >= 11 is 0. The lowest BCUT2D eigenvalue weighted by molar-refractivity contribution is -0.141. The molecule has 0 aromatic heterocycles. The van der Waals surface area contributed by atoms with E-state index in [0.717, 1.165) is 43.6 Å². The summed E-state index contributed by atoms with van der Waals surface area (Å²) < 4.78 is 6.25. The van der Waals surface area contributed by atoms with Gasteiger partial charge in [-0.3, -0.25) is 9.59 Å². The first kappa shape index (κ1) is 24.0. The zero-order chi connectivity index (χ0) is 24.8. The number of fused-ring (bicyclic) bond motifs is 5. The highest BCUT2D eigenvalue weighted by atomic mass is 16.5. The number of carbonyl (C=O) groups excluding carboxylic acids is 2. The van der Waals surface area contributed by atoms with Gasteiger partial charge < -0.3 is 25.2 Å². The van der Waals surface area contributed by atoms with Gasteiger partial charge in [-0.05, 0) is 62.0 Å². The van der Waals surface area contributed by atoms with Crippen molar-refractivity contribution in [3.05, 3.63) is 41.5 Å². The van der Waals surface area contributed by atoms with E-state index in [-0.39, 0.29) is 31.0 Å². The summed E-state index contributed by atoms with van der Waals surface area (Å²) in [6.45, 7) is 0.00127. The number of benzene rings is 1. The number of nitrogens with one attached hydrogen (secondary N) is 1. The monoisotopic (exact) mass is 494 g/mol. The topological polar surface area (TPSA) is 99.1 Å². The Bertz CT molecular complexity index is 1030. The van der Waals surface area contributed by atoms with E-state index in [1.165, 1.54) is 19.3 Å². The summed E-state index contributed by atoms with van der Waals surface area (Å²) in [4.78, 5) is 29.2. The molecule has 7 nitrogen and oxygen atoms in total. The Labute approximate surface area is 212 Å². The van der Waals surface area contributed by atoms with E-state index in [9.17, 15) is 19.8 Å². The number of aliphatic hydroxyl groups is 2. The van der Waals surface area contributed by atoms with Crippen molar-refractivity contribution in [2.75, 3.05) is 13.2 Å². The van der Waals surface area contributed by atoms with E-state index in [1.807, 2.05) is 35.2 Å². The van der Waals surface area contributed by atoms with Crippen molar-refractivity contribution in [3.63, 3.8) is 0 Å². The highest BCUT2D eigenvalue weighted by Gasteiger charge is 2.52. The molecule has 0 radical (unpaired) electrons. The van der Waals surface area contributed by atoms with Crippen LogP contribution in [0.4, 0.5) is 0 Å². The van der Waals surface area contributed by atoms with Crippen LogP contribution in [0.2, 0.25) is 0 Å². The molecule has 4 aliphatic carbocycles. The van der Waals surface area contributed by atoms with Crippen LogP contribution in [0.3, 0.4) is 0 Å². The van der Waals surface area contributed by atoms with Crippen LogP contribution in [0.5, 0.6) is 5.75 Å². The number of amides is 2. The van der Waals surface area contributed by atoms with Crippen LogP contribution in [0.15, 0.2) is 35.9 Å². The Hall–Kier alpha value is -2.38. The number of para-hydroxylation sites is 1. The summed E-state index contributed by atoms with van der Waals surface area (Å²) in [7, 11) is 0. The summed E-state index contributed by atoms with van der Waals surface area (Å²) in [6, 6.07) is 7.08. The molecular weight excluding hydrogens is 456 g/mol. The maximum atomic E-state index is 14.0. The summed E-state index contributed by atoms with van der Waals surface area (Å²) in [5, 5.41) is 23.8. The average Bonchev–Trinajstić information content (AvgIpc) is 3.68. The largest absolute Gasteiger partial charge is 0.486 e. The van der Waals surface area contributed by atoms with Gasteiger partial charge in [-0.25, -0.2) is 0 Å². The zero-order valence-electron chi connectivity index (χ0n) is 20.9. The number of ether oxygens (including phenoxy) is 1. The molecule has 5 aliphatic rings. The highest BCUT2D eigenvalue weighted by Crippen LogP contribution is 2.51. The molecule has 1 heterocycles. The molecule has 3 N–H and O–H groups in total. The first-order chi connectivity index (χ1) is 17.5. The molecule has 3 fully saturated rings. The SMILES string of the molecule is O=C(NCCO)C1=C[C@@H](N(C(=O)CC2CC3CCC2C3)C2CCCC2)[C@H](O)[C@H]2Oc3ccccc3[C@@H]12. The predicted molar refractivity (Wildman–Crippen MR) is 134 cm³/mol. The van der Waals surface area contributed by atoms with E-state index in [2.05, 4.69) is 5.32 Å². The molecule has 1 aromatic carbocycles. The van der Waals surface area contributed by atoms with Crippen LogP contribution in [0, 0.1) is 17.8 Å². The number of rotatable bonds is 7. The minimum atomic E-state index is -0.929. The number of aliphatic hydroxyl groups excluding tert-OH is 2. The van der Waals surface area contributed by atoms with Gasteiger partial charge in [0.15, 0.2) is 0 Å². The Balaban J connectivity index is 1.34. The van der Waals surface area contributed by atoms with Gasteiger partial charge in [-0.15, -0.1) is 0 Å². The fraction of sp³-hybridized carbons (Fsp3) is 0.655. The Morgan fingerprint density at radius 3 is 2.61 bits per heavy atom. The summed E-state index contributed by atoms with van der Waals surface area (Å²) in [5.74, 6) is 1.99. The second-order valence-electron chi connectivity index (χ2n) is 11.6. The minimum Gasteiger partial charge on any atom is -0.486 e. The smallest absolute Gasteiger partial charge is 0.247 e. The molecule has 0 saturated heterocycles. The van der Waals surface area contributed by atoms with Crippen LogP contribution in [-0.2, 0) is 9.59 Å². The molecular formula is C29H38N2O5. The quantitative estimate of drug-likeness (QED) is 0.541. The lowest BCUT2D eigenvalue weighted by atomic mass is 9.77. The van der Waals surface area contributed by atoms with E-state index in [0.29, 0.717) is 29.6 Å². The van der Waals surface area contributed by atoms with Crippen molar-refractivity contribution in [2.45, 2.75) is 88.0 Å². The summed E-state index contributed by atoms with van der Waals surface area (Å²) in [5.41, 5.74) is 1.40. The molecule has 1 aliphatic heterocycles. The first-order valence-electron chi connectivity index (χ1n) is 13.9. The van der Waals surface area contributed by atoms with Gasteiger partial charge in [0.25, 0.3) is 0 Å². The molecule has 7 heteroatoms. The molecule has 6 rings (SSSR count). The maximum absolute atomic E-state index is 14.0. The summed E-state index contributed by atoms with van der Waals surface area (Å²) in [6.07, 6.45) is 9.78. The third kappa shape index (κ3) is 4.14. The van der Waals surface area contributed by atoms with Crippen molar-refractivity contribution in [2.24, 2.45) is 17.8 Å². The van der Waals surface area contributed by atoms with E-state index in [1.54, 1.807) is 0 Å². The lowest BCUT2D eigenvalue weighted by Crippen LogP contribution is -2.58. The number of nitrogens with zero attached hydrogens (tertiary/aromatic N) is 1. The molecule has 3 saturated carbocycles. The van der Waals surface area contributed by atoms with Gasteiger partial charge in [0, 0.05) is 30.1 Å². The normalized spacial score (nSPS) is 34.6. The van der Waals surface area contributed by atoms with Gasteiger partial charge in [-0.2, -0.15) is 0 Å². The fourth-order valence-electron chi connectivity index (χ4n) is 7.91. The third-order valence-electron chi connectivity index (χ3n) is 9.53. The Morgan fingerprint density at radius 2 is 1.89 bits per heavy atom. The first-order valence-corrected chi connectivity index (χ1v) is 13.9. The van der Waals surface area contributed by atoms with Crippen LogP contribution < -0.4 is 10.1 Å². The van der Waals surface area contributed by atoms with Crippen molar-refractivity contribution in [1.82, 2.24) is 10.2 Å². The maximum Gasteiger partial charge on any atom is 0.247 e. The van der Waals surface area contributed by atoms with Crippen molar-refractivity contribution >= 4 is 11.8 Å². The van der Waals surface area contributed by atoms with Crippen LogP contribution >= 0.6 is 0 Å². The number of hydrogen-bond acceptors (Lipinski definition) is 5. The van der Waals surface area contributed by atoms with E-state index < -0.39 is 24.2 Å². The van der Waals surface area contributed by atoms with Gasteiger partial charge in [0.2, 0.25) is 11.8 Å². The molecule has 3 unspecified atom stereocenters. The minimum absolute atomic E-state index is 0.0778. The van der Waals surface area contributed by atoms with Gasteiger partial charge >= 0.3 is 0 Å². The van der Waals surface area contributed by atoms with Crippen molar-refractivity contribution in [1.29, 1.82) is 0 Å². The fourth-order valence-corrected chi connectivity index (χ4v) is 7.91. The standard InChI is InChI=1S/C29H38N2O5/c32-12-11-30-29(35)22-16-23(27(34)28-26(22)21-7-3-4-8-24(21)36-28)31(20-5-1-2-6-20)25(33)15-19-14-17-9-10-18(19)13-17/h3-4,7-8,16-20,23,26-28,32,34H,1-2,5-6,9-15H2,(H,30,35)/t17?,18?,19?,23-,26+,27+,28+/m1/s1. The van der Waals surface area contributed by atoms with Gasteiger partial charge in [0.05, 0.1) is 18.6 Å². The van der Waals surface area contributed by atoms with E-state index in [4.69, 9.17) is 4.74 Å². The van der Waals surface area contributed by atoms with Crippen molar-refractivity contribution in [3.8, 4) is 5.75 Å².